The van der Waals surface area contributed by atoms with Crippen molar-refractivity contribution in [1.82, 2.24) is 4.90 Å². The van der Waals surface area contributed by atoms with E-state index in [1.54, 1.807) is 4.90 Å². The first-order valence-electron chi connectivity index (χ1n) is 4.98. The van der Waals surface area contributed by atoms with Crippen molar-refractivity contribution >= 4 is 0 Å². The highest BCUT2D eigenvalue weighted by Crippen LogP contribution is 2.33. The zero-order valence-electron chi connectivity index (χ0n) is 9.06. The van der Waals surface area contributed by atoms with Crippen LogP contribution < -0.4 is 0 Å². The van der Waals surface area contributed by atoms with Crippen molar-refractivity contribution in [3.05, 3.63) is 0 Å². The molecule has 2 nitrogen and oxygen atoms in total. The Labute approximate surface area is 83.9 Å². The third kappa shape index (κ3) is 2.89. The normalized spacial score (nSPS) is 29.1. The minimum absolute atomic E-state index is 0.151. The van der Waals surface area contributed by atoms with E-state index < -0.39 is 5.92 Å². The molecule has 1 fully saturated rings. The monoisotopic (exact) mass is 207 g/mol. The van der Waals surface area contributed by atoms with Gasteiger partial charge in [-0.1, -0.05) is 0 Å². The number of likely N-dealkylation sites (tertiary alicyclic amines) is 1. The molecule has 84 valence electrons. The van der Waals surface area contributed by atoms with E-state index in [9.17, 15) is 8.78 Å². The van der Waals surface area contributed by atoms with Crippen LogP contribution in [0.5, 0.6) is 0 Å². The van der Waals surface area contributed by atoms with Crippen LogP contribution in [0.4, 0.5) is 8.78 Å². The van der Waals surface area contributed by atoms with Gasteiger partial charge in [-0.3, -0.25) is 4.90 Å². The maximum Gasteiger partial charge on any atom is 0.261 e. The summed E-state index contributed by atoms with van der Waals surface area (Å²) >= 11 is 0. The molecule has 1 saturated heterocycles. The molecule has 14 heavy (non-hydrogen) atoms. The number of halogens is 2. The van der Waals surface area contributed by atoms with Crippen LogP contribution in [0.2, 0.25) is 0 Å². The van der Waals surface area contributed by atoms with Gasteiger partial charge in [0.15, 0.2) is 0 Å². The largest absolute Gasteiger partial charge is 0.396 e. The Morgan fingerprint density at radius 1 is 1.43 bits per heavy atom. The summed E-state index contributed by atoms with van der Waals surface area (Å²) in [4.78, 5) is 1.75. The van der Waals surface area contributed by atoms with Crippen LogP contribution in [0, 0.1) is 5.92 Å². The number of aliphatic hydroxyl groups excluding tert-OH is 1. The molecule has 1 aliphatic heterocycles. The maximum absolute atomic E-state index is 13.3. The SMILES string of the molecule is CC(C)(C)N1CC(CO)CC(F)(F)C1. The molecule has 0 aromatic carbocycles. The minimum atomic E-state index is -2.65. The fraction of sp³-hybridized carbons (Fsp3) is 1.00. The van der Waals surface area contributed by atoms with Gasteiger partial charge >= 0.3 is 0 Å². The van der Waals surface area contributed by atoms with E-state index in [2.05, 4.69) is 0 Å². The van der Waals surface area contributed by atoms with Crippen molar-refractivity contribution in [3.63, 3.8) is 0 Å². The summed E-state index contributed by atoms with van der Waals surface area (Å²) in [6.45, 7) is 5.99. The van der Waals surface area contributed by atoms with Crippen LogP contribution in [0.25, 0.3) is 0 Å². The molecule has 1 unspecified atom stereocenters. The fourth-order valence-corrected chi connectivity index (χ4v) is 1.84. The van der Waals surface area contributed by atoms with Gasteiger partial charge in [0, 0.05) is 31.0 Å². The summed E-state index contributed by atoms with van der Waals surface area (Å²) in [5, 5.41) is 8.95. The van der Waals surface area contributed by atoms with E-state index in [1.165, 1.54) is 0 Å². The molecule has 0 aromatic rings. The molecule has 1 atom stereocenters. The van der Waals surface area contributed by atoms with Crippen molar-refractivity contribution in [2.24, 2.45) is 5.92 Å². The van der Waals surface area contributed by atoms with E-state index in [0.29, 0.717) is 6.54 Å². The standard InChI is InChI=1S/C10H19F2NO/c1-9(2,3)13-5-8(6-14)4-10(11,12)7-13/h8,14H,4-7H2,1-3H3. The number of rotatable bonds is 1. The lowest BCUT2D eigenvalue weighted by atomic mass is 9.92. The van der Waals surface area contributed by atoms with Crippen molar-refractivity contribution in [2.45, 2.75) is 38.7 Å². The Hall–Kier alpha value is -0.220. The van der Waals surface area contributed by atoms with Crippen LogP contribution in [-0.4, -0.2) is 41.2 Å². The molecule has 0 spiro atoms. The zero-order chi connectivity index (χ0) is 11.0. The lowest BCUT2D eigenvalue weighted by Gasteiger charge is -2.44. The smallest absolute Gasteiger partial charge is 0.261 e. The average molecular weight is 207 g/mol. The Bertz CT molecular complexity index is 201. The Morgan fingerprint density at radius 3 is 2.43 bits per heavy atom. The van der Waals surface area contributed by atoms with Gasteiger partial charge in [-0.05, 0) is 20.8 Å². The zero-order valence-corrected chi connectivity index (χ0v) is 9.06. The highest BCUT2D eigenvalue weighted by molar-refractivity contribution is 4.89. The number of hydrogen-bond donors (Lipinski definition) is 1. The minimum Gasteiger partial charge on any atom is -0.396 e. The van der Waals surface area contributed by atoms with Crippen molar-refractivity contribution in [2.75, 3.05) is 19.7 Å². The van der Waals surface area contributed by atoms with Gasteiger partial charge in [0.2, 0.25) is 0 Å². The first-order chi connectivity index (χ1) is 6.24. The molecule has 0 amide bonds. The molecule has 0 saturated carbocycles. The van der Waals surface area contributed by atoms with Gasteiger partial charge in [-0.25, -0.2) is 8.78 Å². The number of alkyl halides is 2. The second kappa shape index (κ2) is 3.74. The second-order valence-electron chi connectivity index (χ2n) is 5.16. The van der Waals surface area contributed by atoms with Crippen molar-refractivity contribution in [1.29, 1.82) is 0 Å². The summed E-state index contributed by atoms with van der Waals surface area (Å²) in [7, 11) is 0. The number of hydrogen-bond acceptors (Lipinski definition) is 2. The van der Waals surface area contributed by atoms with Gasteiger partial charge in [0.25, 0.3) is 5.92 Å². The summed E-state index contributed by atoms with van der Waals surface area (Å²) in [6, 6.07) is 0. The van der Waals surface area contributed by atoms with Crippen LogP contribution in [0.15, 0.2) is 0 Å². The third-order valence-electron chi connectivity index (χ3n) is 2.69. The molecule has 0 aromatic heterocycles. The van der Waals surface area contributed by atoms with E-state index in [0.717, 1.165) is 0 Å². The molecular formula is C10H19F2NO. The number of nitrogens with zero attached hydrogens (tertiary/aromatic N) is 1. The van der Waals surface area contributed by atoms with Crippen LogP contribution in [0.3, 0.4) is 0 Å². The summed E-state index contributed by atoms with van der Waals surface area (Å²) < 4.78 is 26.5. The van der Waals surface area contributed by atoms with Crippen LogP contribution >= 0.6 is 0 Å². The molecule has 1 N–H and O–H groups in total. The van der Waals surface area contributed by atoms with Gasteiger partial charge in [0.1, 0.15) is 0 Å². The van der Waals surface area contributed by atoms with E-state index in [4.69, 9.17) is 5.11 Å². The van der Waals surface area contributed by atoms with E-state index >= 15 is 0 Å². The highest BCUT2D eigenvalue weighted by Gasteiger charge is 2.42. The predicted octanol–water partition coefficient (Wildman–Crippen LogP) is 1.73. The number of piperidine rings is 1. The summed E-state index contributed by atoms with van der Waals surface area (Å²) in [5.74, 6) is -2.95. The maximum atomic E-state index is 13.3. The van der Waals surface area contributed by atoms with Gasteiger partial charge in [-0.15, -0.1) is 0 Å². The quantitative estimate of drug-likeness (QED) is 0.708. The Morgan fingerprint density at radius 2 is 2.00 bits per heavy atom. The van der Waals surface area contributed by atoms with Gasteiger partial charge < -0.3 is 5.11 Å². The summed E-state index contributed by atoms with van der Waals surface area (Å²) in [5.41, 5.74) is -0.253. The average Bonchev–Trinajstić information content (AvgIpc) is 1.99. The molecule has 0 radical (unpaired) electrons. The first-order valence-corrected chi connectivity index (χ1v) is 4.98. The predicted molar refractivity (Wildman–Crippen MR) is 51.5 cm³/mol. The Balaban J connectivity index is 2.71. The molecule has 1 rings (SSSR count). The fourth-order valence-electron chi connectivity index (χ4n) is 1.84. The molecule has 1 aliphatic rings. The van der Waals surface area contributed by atoms with Crippen LogP contribution in [-0.2, 0) is 0 Å². The van der Waals surface area contributed by atoms with Crippen LogP contribution in [0.1, 0.15) is 27.2 Å². The van der Waals surface area contributed by atoms with E-state index in [-0.39, 0.29) is 31.0 Å². The molecule has 0 bridgehead atoms. The first kappa shape index (κ1) is 11.9. The molecule has 1 heterocycles. The topological polar surface area (TPSA) is 23.5 Å². The lowest BCUT2D eigenvalue weighted by molar-refractivity contribution is -0.113. The van der Waals surface area contributed by atoms with Crippen molar-refractivity contribution < 1.29 is 13.9 Å². The number of aliphatic hydroxyl groups is 1. The highest BCUT2D eigenvalue weighted by atomic mass is 19.3. The molecule has 4 heteroatoms. The van der Waals surface area contributed by atoms with Crippen molar-refractivity contribution in [3.8, 4) is 0 Å². The van der Waals surface area contributed by atoms with Gasteiger partial charge in [0.05, 0.1) is 6.54 Å². The van der Waals surface area contributed by atoms with E-state index in [1.807, 2.05) is 20.8 Å². The van der Waals surface area contributed by atoms with Gasteiger partial charge in [-0.2, -0.15) is 0 Å². The second-order valence-corrected chi connectivity index (χ2v) is 5.16. The molecular weight excluding hydrogens is 188 g/mol. The molecule has 0 aliphatic carbocycles. The third-order valence-corrected chi connectivity index (χ3v) is 2.69. The summed E-state index contributed by atoms with van der Waals surface area (Å²) in [6.07, 6.45) is -0.184. The lowest BCUT2D eigenvalue weighted by Crippen LogP contribution is -2.55. The Kier molecular flexibility index (Phi) is 3.17.